The molecule has 3 rings (SSSR count). The number of amides is 1. The number of rotatable bonds is 9. The molecule has 0 saturated heterocycles. The molecule has 164 valence electrons. The molecule has 0 radical (unpaired) electrons. The molecule has 0 spiro atoms. The van der Waals surface area contributed by atoms with Gasteiger partial charge in [0.15, 0.2) is 5.13 Å². The van der Waals surface area contributed by atoms with Gasteiger partial charge in [-0.1, -0.05) is 44.2 Å². The zero-order valence-corrected chi connectivity index (χ0v) is 19.3. The molecule has 31 heavy (non-hydrogen) atoms. The Balaban J connectivity index is 1.81. The van der Waals surface area contributed by atoms with Gasteiger partial charge in [0.05, 0.1) is 7.11 Å². The number of benzene rings is 2. The summed E-state index contributed by atoms with van der Waals surface area (Å²) in [5.74, 6) is -0.234. The number of anilines is 1. The monoisotopic (exact) mass is 459 g/mol. The SMILES string of the molecule is CCN(CC)S(=O)(=O)c1cc(C(=O)Nc2ncc(Cc3ccccc3)s2)ccc1OC. The second-order valence-electron chi connectivity index (χ2n) is 6.70. The molecule has 0 aliphatic heterocycles. The molecule has 2 aromatic carbocycles. The summed E-state index contributed by atoms with van der Waals surface area (Å²) in [6.07, 6.45) is 2.46. The first kappa shape index (κ1) is 22.9. The highest BCUT2D eigenvalue weighted by Crippen LogP contribution is 2.29. The van der Waals surface area contributed by atoms with Crippen LogP contribution in [0, 0.1) is 0 Å². The Kier molecular flexibility index (Phi) is 7.42. The van der Waals surface area contributed by atoms with Gasteiger partial charge < -0.3 is 4.74 Å². The van der Waals surface area contributed by atoms with Crippen LogP contribution in [0.5, 0.6) is 5.75 Å². The number of aromatic nitrogens is 1. The Bertz CT molecular complexity index is 1140. The van der Waals surface area contributed by atoms with Crippen molar-refractivity contribution in [2.75, 3.05) is 25.5 Å². The third-order valence-electron chi connectivity index (χ3n) is 4.74. The fourth-order valence-corrected chi connectivity index (χ4v) is 5.62. The summed E-state index contributed by atoms with van der Waals surface area (Å²) in [5.41, 5.74) is 1.37. The maximum atomic E-state index is 13.0. The van der Waals surface area contributed by atoms with Crippen LogP contribution in [0.2, 0.25) is 0 Å². The summed E-state index contributed by atoms with van der Waals surface area (Å²) in [4.78, 5) is 18.0. The Morgan fingerprint density at radius 1 is 1.13 bits per heavy atom. The largest absolute Gasteiger partial charge is 0.495 e. The van der Waals surface area contributed by atoms with Crippen LogP contribution in [0.4, 0.5) is 5.13 Å². The maximum absolute atomic E-state index is 13.0. The maximum Gasteiger partial charge on any atom is 0.257 e. The zero-order chi connectivity index (χ0) is 22.4. The normalized spacial score (nSPS) is 11.5. The summed E-state index contributed by atoms with van der Waals surface area (Å²) >= 11 is 1.39. The fraction of sp³-hybridized carbons (Fsp3) is 0.273. The average molecular weight is 460 g/mol. The highest BCUT2D eigenvalue weighted by molar-refractivity contribution is 7.89. The van der Waals surface area contributed by atoms with Gasteiger partial charge in [-0.15, -0.1) is 11.3 Å². The number of sulfonamides is 1. The van der Waals surface area contributed by atoms with E-state index in [1.165, 1.54) is 41.0 Å². The molecule has 1 N–H and O–H groups in total. The molecule has 7 nitrogen and oxygen atoms in total. The van der Waals surface area contributed by atoms with Crippen LogP contribution in [-0.2, 0) is 16.4 Å². The van der Waals surface area contributed by atoms with E-state index in [1.54, 1.807) is 20.0 Å². The van der Waals surface area contributed by atoms with Crippen molar-refractivity contribution in [2.45, 2.75) is 25.2 Å². The number of nitrogens with one attached hydrogen (secondary N) is 1. The summed E-state index contributed by atoms with van der Waals surface area (Å²) in [6.45, 7) is 4.17. The smallest absolute Gasteiger partial charge is 0.257 e. The van der Waals surface area contributed by atoms with Gasteiger partial charge in [-0.3, -0.25) is 10.1 Å². The molecule has 0 bridgehead atoms. The van der Waals surface area contributed by atoms with E-state index >= 15 is 0 Å². The highest BCUT2D eigenvalue weighted by Gasteiger charge is 2.27. The van der Waals surface area contributed by atoms with Crippen molar-refractivity contribution in [1.82, 2.24) is 9.29 Å². The molecule has 1 aromatic heterocycles. The second kappa shape index (κ2) is 10.0. The van der Waals surface area contributed by atoms with Crippen molar-refractivity contribution < 1.29 is 17.9 Å². The van der Waals surface area contributed by atoms with E-state index in [-0.39, 0.29) is 16.2 Å². The van der Waals surface area contributed by atoms with E-state index < -0.39 is 15.9 Å². The number of carbonyl (C=O) groups is 1. The summed E-state index contributed by atoms with van der Waals surface area (Å²) in [7, 11) is -2.39. The number of carbonyl (C=O) groups excluding carboxylic acids is 1. The van der Waals surface area contributed by atoms with Crippen LogP contribution in [0.25, 0.3) is 0 Å². The molecule has 1 heterocycles. The molecule has 1 amide bonds. The number of hydrogen-bond donors (Lipinski definition) is 1. The average Bonchev–Trinajstić information content (AvgIpc) is 3.21. The van der Waals surface area contributed by atoms with E-state index in [1.807, 2.05) is 30.3 Å². The summed E-state index contributed by atoms with van der Waals surface area (Å²) in [5, 5.41) is 3.22. The Hall–Kier alpha value is -2.75. The van der Waals surface area contributed by atoms with Crippen LogP contribution < -0.4 is 10.1 Å². The number of methoxy groups -OCH3 is 1. The minimum atomic E-state index is -3.79. The van der Waals surface area contributed by atoms with Gasteiger partial charge in [-0.05, 0) is 23.8 Å². The van der Waals surface area contributed by atoms with Gasteiger partial charge in [0.1, 0.15) is 10.6 Å². The van der Waals surface area contributed by atoms with Crippen molar-refractivity contribution in [1.29, 1.82) is 0 Å². The standard InChI is InChI=1S/C22H25N3O4S2/c1-4-25(5-2)31(27,28)20-14-17(11-12-19(20)29-3)21(26)24-22-23-15-18(30-22)13-16-9-7-6-8-10-16/h6-12,14-15H,4-5,13H2,1-3H3,(H,23,24,26). The van der Waals surface area contributed by atoms with E-state index in [2.05, 4.69) is 10.3 Å². The van der Waals surface area contributed by atoms with Gasteiger partial charge in [0.2, 0.25) is 10.0 Å². The minimum absolute atomic E-state index is 0.0322. The first-order valence-electron chi connectivity index (χ1n) is 9.87. The van der Waals surface area contributed by atoms with E-state index in [9.17, 15) is 13.2 Å². The van der Waals surface area contributed by atoms with Crippen molar-refractivity contribution in [3.63, 3.8) is 0 Å². The van der Waals surface area contributed by atoms with Crippen molar-refractivity contribution in [2.24, 2.45) is 0 Å². The van der Waals surface area contributed by atoms with Gasteiger partial charge in [0.25, 0.3) is 5.91 Å². The number of hydrogen-bond acceptors (Lipinski definition) is 6. The topological polar surface area (TPSA) is 88.6 Å². The first-order chi connectivity index (χ1) is 14.9. The van der Waals surface area contributed by atoms with E-state index in [0.29, 0.717) is 18.2 Å². The zero-order valence-electron chi connectivity index (χ0n) is 17.7. The lowest BCUT2D eigenvalue weighted by Crippen LogP contribution is -2.31. The van der Waals surface area contributed by atoms with Gasteiger partial charge in [-0.2, -0.15) is 4.31 Å². The molecule has 0 unspecified atom stereocenters. The van der Waals surface area contributed by atoms with Crippen LogP contribution >= 0.6 is 11.3 Å². The molecule has 0 atom stereocenters. The lowest BCUT2D eigenvalue weighted by molar-refractivity contribution is 0.102. The highest BCUT2D eigenvalue weighted by atomic mass is 32.2. The molecule has 0 saturated carbocycles. The van der Waals surface area contributed by atoms with Crippen molar-refractivity contribution in [3.05, 3.63) is 70.7 Å². The molecule has 0 aliphatic rings. The number of ether oxygens (including phenoxy) is 1. The van der Waals surface area contributed by atoms with Crippen LogP contribution in [-0.4, -0.2) is 43.8 Å². The molecule has 0 aliphatic carbocycles. The lowest BCUT2D eigenvalue weighted by atomic mass is 10.1. The van der Waals surface area contributed by atoms with Crippen LogP contribution in [0.15, 0.2) is 59.6 Å². The predicted molar refractivity (Wildman–Crippen MR) is 122 cm³/mol. The Labute approximate surface area is 186 Å². The van der Waals surface area contributed by atoms with Gasteiger partial charge >= 0.3 is 0 Å². The van der Waals surface area contributed by atoms with Crippen molar-refractivity contribution in [3.8, 4) is 5.75 Å². The van der Waals surface area contributed by atoms with E-state index in [0.717, 1.165) is 16.9 Å². The molecular formula is C22H25N3O4S2. The molecule has 3 aromatic rings. The summed E-state index contributed by atoms with van der Waals surface area (Å²) < 4.78 is 32.5. The molecular weight excluding hydrogens is 434 g/mol. The second-order valence-corrected chi connectivity index (χ2v) is 9.72. The molecule has 0 fully saturated rings. The number of thiazole rings is 1. The Morgan fingerprint density at radius 3 is 2.48 bits per heavy atom. The van der Waals surface area contributed by atoms with Gasteiger partial charge in [-0.25, -0.2) is 13.4 Å². The predicted octanol–water partition coefficient (Wildman–Crippen LogP) is 4.03. The Morgan fingerprint density at radius 2 is 1.84 bits per heavy atom. The third-order valence-corrected chi connectivity index (χ3v) is 7.73. The summed E-state index contributed by atoms with van der Waals surface area (Å²) in [6, 6.07) is 14.4. The van der Waals surface area contributed by atoms with Crippen LogP contribution in [0.3, 0.4) is 0 Å². The van der Waals surface area contributed by atoms with E-state index in [4.69, 9.17) is 4.74 Å². The number of nitrogens with zero attached hydrogens (tertiary/aromatic N) is 2. The fourth-order valence-electron chi connectivity index (χ4n) is 3.14. The van der Waals surface area contributed by atoms with Crippen LogP contribution in [0.1, 0.15) is 34.6 Å². The first-order valence-corrected chi connectivity index (χ1v) is 12.1. The van der Waals surface area contributed by atoms with Crippen molar-refractivity contribution >= 4 is 32.4 Å². The lowest BCUT2D eigenvalue weighted by Gasteiger charge is -2.20. The molecule has 9 heteroatoms. The third kappa shape index (κ3) is 5.30. The quantitative estimate of drug-likeness (QED) is 0.522. The minimum Gasteiger partial charge on any atom is -0.495 e. The van der Waals surface area contributed by atoms with Gasteiger partial charge in [0, 0.05) is 36.1 Å².